The average Bonchev–Trinajstić information content (AvgIpc) is 2.60. The summed E-state index contributed by atoms with van der Waals surface area (Å²) in [6, 6.07) is 14.4. The summed E-state index contributed by atoms with van der Waals surface area (Å²) < 4.78 is 13.1. The lowest BCUT2D eigenvalue weighted by atomic mass is 9.66. The maximum absolute atomic E-state index is 13.1. The van der Waals surface area contributed by atoms with E-state index in [-0.39, 0.29) is 11.7 Å². The van der Waals surface area contributed by atoms with Crippen molar-refractivity contribution in [1.29, 1.82) is 0 Å². The minimum Gasteiger partial charge on any atom is -0.385 e. The van der Waals surface area contributed by atoms with Crippen molar-refractivity contribution in [2.75, 3.05) is 20.6 Å². The number of aliphatic hydroxyl groups is 1. The van der Waals surface area contributed by atoms with E-state index in [2.05, 4.69) is 4.90 Å². The summed E-state index contributed by atoms with van der Waals surface area (Å²) >= 11 is 6.02. The van der Waals surface area contributed by atoms with E-state index < -0.39 is 5.60 Å². The zero-order chi connectivity index (χ0) is 18.7. The number of rotatable bonds is 5. The van der Waals surface area contributed by atoms with Gasteiger partial charge in [-0.05, 0) is 81.1 Å². The van der Waals surface area contributed by atoms with E-state index in [9.17, 15) is 9.50 Å². The summed E-state index contributed by atoms with van der Waals surface area (Å²) in [5, 5.41) is 12.2. The summed E-state index contributed by atoms with van der Waals surface area (Å²) in [4.78, 5) is 2.14. The van der Waals surface area contributed by atoms with Crippen LogP contribution in [0.2, 0.25) is 5.02 Å². The Labute approximate surface area is 160 Å². The smallest absolute Gasteiger partial charge is 0.123 e. The zero-order valence-electron chi connectivity index (χ0n) is 15.5. The first-order chi connectivity index (χ1) is 12.4. The van der Waals surface area contributed by atoms with Gasteiger partial charge >= 0.3 is 0 Å². The molecule has 26 heavy (non-hydrogen) atoms. The van der Waals surface area contributed by atoms with E-state index >= 15 is 0 Å². The molecule has 2 aromatic rings. The van der Waals surface area contributed by atoms with Gasteiger partial charge < -0.3 is 10.0 Å². The van der Waals surface area contributed by atoms with Crippen molar-refractivity contribution < 1.29 is 9.50 Å². The Morgan fingerprint density at radius 1 is 1.12 bits per heavy atom. The maximum atomic E-state index is 13.1. The molecule has 0 bridgehead atoms. The van der Waals surface area contributed by atoms with Crippen molar-refractivity contribution in [2.45, 2.75) is 31.3 Å². The molecule has 0 saturated heterocycles. The summed E-state index contributed by atoms with van der Waals surface area (Å²) in [5.74, 6) is 0.454. The molecule has 1 aliphatic carbocycles. The molecule has 1 saturated carbocycles. The van der Waals surface area contributed by atoms with E-state index in [1.54, 1.807) is 0 Å². The summed E-state index contributed by atoms with van der Waals surface area (Å²) in [6.07, 6.45) is 3.58. The lowest BCUT2D eigenvalue weighted by Crippen LogP contribution is -2.45. The zero-order valence-corrected chi connectivity index (χ0v) is 16.2. The van der Waals surface area contributed by atoms with Gasteiger partial charge in [-0.1, -0.05) is 35.9 Å². The molecule has 0 heterocycles. The standard InChI is InChI=1S/C22H27ClFNO/c1-25(2)15-19-14-17(13-16-3-9-21(24)10-4-16)11-12-22(19,26)18-5-7-20(23)8-6-18/h3-10,17,19,26H,11-15H2,1-2H3. The number of halogens is 2. The van der Waals surface area contributed by atoms with Crippen LogP contribution >= 0.6 is 11.6 Å². The molecular formula is C22H27ClFNO. The molecule has 1 fully saturated rings. The second-order valence-corrected chi connectivity index (χ2v) is 8.30. The third-order valence-corrected chi connectivity index (χ3v) is 5.85. The van der Waals surface area contributed by atoms with E-state index in [0.29, 0.717) is 10.9 Å². The largest absolute Gasteiger partial charge is 0.385 e. The highest BCUT2D eigenvalue weighted by molar-refractivity contribution is 6.30. The lowest BCUT2D eigenvalue weighted by molar-refractivity contribution is -0.0752. The maximum Gasteiger partial charge on any atom is 0.123 e. The minimum atomic E-state index is -0.825. The van der Waals surface area contributed by atoms with Crippen LogP contribution < -0.4 is 0 Å². The van der Waals surface area contributed by atoms with Crippen molar-refractivity contribution in [3.05, 3.63) is 70.5 Å². The number of benzene rings is 2. The van der Waals surface area contributed by atoms with Gasteiger partial charge in [-0.25, -0.2) is 4.39 Å². The van der Waals surface area contributed by atoms with E-state index in [1.165, 1.54) is 12.1 Å². The third kappa shape index (κ3) is 4.46. The number of hydrogen-bond acceptors (Lipinski definition) is 2. The van der Waals surface area contributed by atoms with Crippen molar-refractivity contribution in [1.82, 2.24) is 4.90 Å². The van der Waals surface area contributed by atoms with E-state index in [0.717, 1.165) is 43.4 Å². The van der Waals surface area contributed by atoms with Crippen LogP contribution in [0.25, 0.3) is 0 Å². The molecule has 3 atom stereocenters. The highest BCUT2D eigenvalue weighted by Gasteiger charge is 2.43. The second kappa shape index (κ2) is 8.08. The highest BCUT2D eigenvalue weighted by Crippen LogP contribution is 2.45. The molecular weight excluding hydrogens is 349 g/mol. The quantitative estimate of drug-likeness (QED) is 0.804. The Balaban J connectivity index is 1.78. The van der Waals surface area contributed by atoms with Crippen LogP contribution in [0, 0.1) is 17.7 Å². The molecule has 140 valence electrons. The molecule has 0 aromatic heterocycles. The highest BCUT2D eigenvalue weighted by atomic mass is 35.5. The Morgan fingerprint density at radius 3 is 2.38 bits per heavy atom. The van der Waals surface area contributed by atoms with Gasteiger partial charge in [-0.3, -0.25) is 0 Å². The second-order valence-electron chi connectivity index (χ2n) is 7.86. The summed E-state index contributed by atoms with van der Waals surface area (Å²) in [5.41, 5.74) is 1.29. The van der Waals surface area contributed by atoms with Crippen molar-refractivity contribution in [2.24, 2.45) is 11.8 Å². The fourth-order valence-electron chi connectivity index (χ4n) is 4.27. The molecule has 1 N–H and O–H groups in total. The third-order valence-electron chi connectivity index (χ3n) is 5.59. The normalized spacial score (nSPS) is 26.2. The lowest BCUT2D eigenvalue weighted by Gasteiger charge is -2.44. The van der Waals surface area contributed by atoms with Gasteiger partial charge in [0.2, 0.25) is 0 Å². The SMILES string of the molecule is CN(C)CC1CC(Cc2ccc(F)cc2)CCC1(O)c1ccc(Cl)cc1. The topological polar surface area (TPSA) is 23.5 Å². The minimum absolute atomic E-state index is 0.151. The molecule has 1 aliphatic rings. The first kappa shape index (κ1) is 19.3. The molecule has 0 spiro atoms. The predicted octanol–water partition coefficient (Wildman–Crippen LogP) is 4.89. The van der Waals surface area contributed by atoms with E-state index in [4.69, 9.17) is 11.6 Å². The van der Waals surface area contributed by atoms with Gasteiger partial charge in [-0.2, -0.15) is 0 Å². The van der Waals surface area contributed by atoms with Gasteiger partial charge in [0.1, 0.15) is 5.82 Å². The van der Waals surface area contributed by atoms with Gasteiger partial charge in [0.15, 0.2) is 0 Å². The van der Waals surface area contributed by atoms with Crippen LogP contribution in [0.15, 0.2) is 48.5 Å². The molecule has 2 aromatic carbocycles. The van der Waals surface area contributed by atoms with Crippen LogP contribution in [0.1, 0.15) is 30.4 Å². The van der Waals surface area contributed by atoms with Gasteiger partial charge in [0.05, 0.1) is 5.60 Å². The van der Waals surface area contributed by atoms with Crippen LogP contribution in [0.4, 0.5) is 4.39 Å². The fourth-order valence-corrected chi connectivity index (χ4v) is 4.39. The average molecular weight is 376 g/mol. The predicted molar refractivity (Wildman–Crippen MR) is 105 cm³/mol. The molecule has 3 unspecified atom stereocenters. The van der Waals surface area contributed by atoms with Gasteiger partial charge in [0.25, 0.3) is 0 Å². The van der Waals surface area contributed by atoms with Crippen LogP contribution in [0.5, 0.6) is 0 Å². The molecule has 0 aliphatic heterocycles. The Hall–Kier alpha value is -1.42. The number of hydrogen-bond donors (Lipinski definition) is 1. The van der Waals surface area contributed by atoms with Crippen molar-refractivity contribution >= 4 is 11.6 Å². The van der Waals surface area contributed by atoms with Gasteiger partial charge in [0, 0.05) is 17.5 Å². The Bertz CT molecular complexity index is 716. The molecule has 4 heteroatoms. The van der Waals surface area contributed by atoms with Crippen LogP contribution in [-0.4, -0.2) is 30.6 Å². The first-order valence-corrected chi connectivity index (χ1v) is 9.62. The summed E-state index contributed by atoms with van der Waals surface area (Å²) in [7, 11) is 4.09. The van der Waals surface area contributed by atoms with Crippen molar-refractivity contribution in [3.8, 4) is 0 Å². The van der Waals surface area contributed by atoms with Crippen molar-refractivity contribution in [3.63, 3.8) is 0 Å². The molecule has 0 amide bonds. The first-order valence-electron chi connectivity index (χ1n) is 9.24. The van der Waals surface area contributed by atoms with Crippen LogP contribution in [0.3, 0.4) is 0 Å². The molecule has 2 nitrogen and oxygen atoms in total. The number of nitrogens with zero attached hydrogens (tertiary/aromatic N) is 1. The monoisotopic (exact) mass is 375 g/mol. The summed E-state index contributed by atoms with van der Waals surface area (Å²) in [6.45, 7) is 0.832. The fraction of sp³-hybridized carbons (Fsp3) is 0.455. The van der Waals surface area contributed by atoms with Crippen LogP contribution in [-0.2, 0) is 12.0 Å². The molecule has 0 radical (unpaired) electrons. The molecule has 3 rings (SSSR count). The van der Waals surface area contributed by atoms with E-state index in [1.807, 2.05) is 50.5 Å². The van der Waals surface area contributed by atoms with Gasteiger partial charge in [-0.15, -0.1) is 0 Å². The Morgan fingerprint density at radius 2 is 1.77 bits per heavy atom. The Kier molecular flexibility index (Phi) is 6.01.